The minimum absolute atomic E-state index is 0. The predicted molar refractivity (Wildman–Crippen MR) is 158 cm³/mol. The number of hydrogen-bond acceptors (Lipinski definition) is 0. The summed E-state index contributed by atoms with van der Waals surface area (Å²) in [5, 5.41) is 5.48. The first kappa shape index (κ1) is 36.1. The van der Waals surface area contributed by atoms with E-state index in [-0.39, 0.29) is 35.6 Å². The van der Waals surface area contributed by atoms with Crippen LogP contribution in [0.4, 0.5) is 8.78 Å². The van der Waals surface area contributed by atoms with Crippen LogP contribution in [0.5, 0.6) is 0 Å². The van der Waals surface area contributed by atoms with E-state index < -0.39 is 11.6 Å². The van der Waals surface area contributed by atoms with Crippen molar-refractivity contribution in [3.05, 3.63) is 108 Å². The number of fused-ring (bicyclic) bond motifs is 3. The molecular weight excluding hydrogens is 708 g/mol. The van der Waals surface area contributed by atoms with E-state index in [1.165, 1.54) is 62.6 Å². The third-order valence-corrected chi connectivity index (χ3v) is 6.36. The average Bonchev–Trinajstić information content (AvgIpc) is 3.47. The van der Waals surface area contributed by atoms with Gasteiger partial charge in [-0.1, -0.05) is 94.6 Å². The molecule has 0 aromatic heterocycles. The summed E-state index contributed by atoms with van der Waals surface area (Å²) in [5.74, 6) is -1.59. The van der Waals surface area contributed by atoms with E-state index in [1.807, 2.05) is 0 Å². The predicted octanol–water partition coefficient (Wildman–Crippen LogP) is 4.41. The first-order valence-corrected chi connectivity index (χ1v) is 14.8. The fourth-order valence-electron chi connectivity index (χ4n) is 4.24. The van der Waals surface area contributed by atoms with Crippen molar-refractivity contribution in [1.29, 1.82) is 0 Å². The van der Waals surface area contributed by atoms with Gasteiger partial charge in [-0.2, -0.15) is 18.2 Å². The number of benzene rings is 3. The van der Waals surface area contributed by atoms with Crippen LogP contribution in [-0.2, 0) is 34.7 Å². The van der Waals surface area contributed by atoms with Crippen LogP contribution in [0, 0.1) is 11.6 Å². The molecule has 0 amide bonds. The van der Waals surface area contributed by atoms with E-state index in [4.69, 9.17) is 0 Å². The monoisotopic (exact) mass is 746 g/mol. The van der Waals surface area contributed by atoms with Gasteiger partial charge in [0, 0.05) is 0 Å². The molecule has 5 rings (SSSR count). The molecule has 0 spiro atoms. The van der Waals surface area contributed by atoms with Crippen LogP contribution in [-0.4, -0.2) is 3.26 Å². The van der Waals surface area contributed by atoms with Gasteiger partial charge in [0.15, 0.2) is 0 Å². The minimum atomic E-state index is -0.807. The van der Waals surface area contributed by atoms with Gasteiger partial charge in [0.2, 0.25) is 0 Å². The van der Waals surface area contributed by atoms with E-state index in [0.29, 0.717) is 11.1 Å². The van der Waals surface area contributed by atoms with Crippen molar-refractivity contribution >= 4 is 24.8 Å². The van der Waals surface area contributed by atoms with Crippen LogP contribution >= 0.6 is 0 Å². The van der Waals surface area contributed by atoms with Gasteiger partial charge < -0.3 is 24.8 Å². The van der Waals surface area contributed by atoms with Crippen molar-refractivity contribution < 1.29 is 57.5 Å². The third kappa shape index (κ3) is 9.29. The second-order valence-corrected chi connectivity index (χ2v) is 15.6. The molecule has 0 heterocycles. The zero-order valence-corrected chi connectivity index (χ0v) is 29.7. The van der Waals surface area contributed by atoms with Crippen molar-refractivity contribution in [2.45, 2.75) is 66.2 Å². The first-order valence-electron chi connectivity index (χ1n) is 13.0. The maximum absolute atomic E-state index is 13.2. The Kier molecular flexibility index (Phi) is 13.4. The van der Waals surface area contributed by atoms with Crippen molar-refractivity contribution in [3.63, 3.8) is 0 Å². The van der Waals surface area contributed by atoms with Crippen molar-refractivity contribution in [2.24, 2.45) is 0 Å². The van der Waals surface area contributed by atoms with E-state index in [0.717, 1.165) is 6.07 Å². The number of halogens is 4. The molecule has 0 aliphatic carbocycles. The second-order valence-electron chi connectivity index (χ2n) is 12.0. The Labute approximate surface area is 265 Å². The summed E-state index contributed by atoms with van der Waals surface area (Å²) in [5.41, 5.74) is 4.23. The van der Waals surface area contributed by atoms with E-state index in [9.17, 15) is 8.78 Å². The summed E-state index contributed by atoms with van der Waals surface area (Å²) < 4.78 is 27.5. The molecule has 0 N–H and O–H groups in total. The topological polar surface area (TPSA) is 0 Å². The molecule has 0 unspecified atom stereocenters. The molecule has 0 aliphatic rings. The molecule has 0 atom stereocenters. The van der Waals surface area contributed by atoms with Gasteiger partial charge in [-0.15, -0.1) is 51.4 Å². The molecular formula is C35H38Cl2F2Hf-2. The van der Waals surface area contributed by atoms with E-state index in [2.05, 4.69) is 97.9 Å². The molecule has 0 nitrogen and oxygen atoms in total. The van der Waals surface area contributed by atoms with Crippen LogP contribution in [0.15, 0.2) is 84.9 Å². The Balaban J connectivity index is 0.000000362. The Morgan fingerprint density at radius 1 is 0.700 bits per heavy atom. The normalized spacial score (nSPS) is 11.0. The smallest absolute Gasteiger partial charge is 0.149 e. The molecule has 5 aromatic rings. The maximum Gasteiger partial charge on any atom is 0.149 e. The van der Waals surface area contributed by atoms with Gasteiger partial charge in [-0.25, -0.2) is 8.78 Å². The van der Waals surface area contributed by atoms with Crippen LogP contribution in [0.3, 0.4) is 0 Å². The molecule has 0 radical (unpaired) electrons. The van der Waals surface area contributed by atoms with Crippen molar-refractivity contribution in [2.75, 3.05) is 0 Å². The fraction of sp³-hybridized carbons (Fsp3) is 0.286. The molecule has 212 valence electrons. The Morgan fingerprint density at radius 2 is 1.18 bits per heavy atom. The maximum atomic E-state index is 13.2. The van der Waals surface area contributed by atoms with Gasteiger partial charge >= 0.3 is 41.0 Å². The molecule has 0 saturated carbocycles. The Hall–Kier alpha value is -1.94. The molecule has 0 fully saturated rings. The van der Waals surface area contributed by atoms with Gasteiger partial charge in [-0.05, 0) is 16.9 Å². The van der Waals surface area contributed by atoms with Crippen LogP contribution in [0.2, 0.25) is 0 Å². The Bertz CT molecular complexity index is 1460. The molecule has 0 bridgehead atoms. The van der Waals surface area contributed by atoms with E-state index in [1.54, 1.807) is 33.6 Å². The summed E-state index contributed by atoms with van der Waals surface area (Å²) in [6.45, 7) is 17.9. The second kappa shape index (κ2) is 14.8. The average molecular weight is 746 g/mol. The first-order chi connectivity index (χ1) is 17.7. The van der Waals surface area contributed by atoms with Crippen LogP contribution < -0.4 is 24.8 Å². The molecule has 5 heteroatoms. The molecule has 0 aliphatic heterocycles. The van der Waals surface area contributed by atoms with Gasteiger partial charge in [0.25, 0.3) is 0 Å². The molecule has 40 heavy (non-hydrogen) atoms. The largest absolute Gasteiger partial charge is 1.00 e. The SMILES string of the molecule is CC(C)(C)c1ccc2c(c1)[cH-]c1cc(C(C)(C)C)ccc12.C[C](C)=[Hf+2].Fc1cccc(-c2ccc[cH-]2)c1F.[Cl-].[Cl-]. The molecule has 0 saturated heterocycles. The van der Waals surface area contributed by atoms with Crippen LogP contribution in [0.1, 0.15) is 66.5 Å². The summed E-state index contributed by atoms with van der Waals surface area (Å²) in [6.07, 6.45) is 0. The third-order valence-electron chi connectivity index (χ3n) is 6.36. The minimum Gasteiger partial charge on any atom is -1.00 e. The quantitative estimate of drug-likeness (QED) is 0.176. The van der Waals surface area contributed by atoms with Crippen molar-refractivity contribution in [3.8, 4) is 11.1 Å². The van der Waals surface area contributed by atoms with Crippen molar-refractivity contribution in [1.82, 2.24) is 0 Å². The van der Waals surface area contributed by atoms with Gasteiger partial charge in [-0.3, -0.25) is 0 Å². The van der Waals surface area contributed by atoms with Crippen LogP contribution in [0.25, 0.3) is 32.7 Å². The number of hydrogen-bond donors (Lipinski definition) is 0. The Morgan fingerprint density at radius 3 is 1.57 bits per heavy atom. The number of rotatable bonds is 1. The van der Waals surface area contributed by atoms with E-state index >= 15 is 0 Å². The van der Waals surface area contributed by atoms with Gasteiger partial charge in [0.1, 0.15) is 11.6 Å². The summed E-state index contributed by atoms with van der Waals surface area (Å²) >= 11 is 1.27. The zero-order valence-electron chi connectivity index (χ0n) is 24.6. The summed E-state index contributed by atoms with van der Waals surface area (Å²) in [4.78, 5) is 0. The molecule has 5 aromatic carbocycles. The summed E-state index contributed by atoms with van der Waals surface area (Å²) in [7, 11) is 0. The fourth-order valence-corrected chi connectivity index (χ4v) is 4.24. The van der Waals surface area contributed by atoms with Gasteiger partial charge in [0.05, 0.1) is 0 Å². The zero-order chi connectivity index (χ0) is 28.3. The summed E-state index contributed by atoms with van der Waals surface area (Å²) in [6, 6.07) is 27.4. The standard InChI is InChI=1S/C21H25.C11H7F2.C3H6.2ClH.Hf/c1-20(2,3)16-7-9-18-14(12-16)11-15-13-17(21(4,5)6)8-10-19(15)18;12-10-7-3-6-9(11(10)13)8-4-1-2-5-8;1-3-2;;;/h7-13H,1-6H3;1-7H;1-2H3;2*1H;/q2*-1;;;;+2/p-2.